The molecule has 1 aliphatic heterocycles. The molecule has 1 saturated heterocycles. The van der Waals surface area contributed by atoms with Crippen molar-refractivity contribution in [2.45, 2.75) is 39.2 Å². The largest absolute Gasteiger partial charge is 0.324 e. The van der Waals surface area contributed by atoms with E-state index >= 15 is 0 Å². The number of rotatable bonds is 4. The van der Waals surface area contributed by atoms with Crippen molar-refractivity contribution in [1.29, 1.82) is 0 Å². The van der Waals surface area contributed by atoms with Crippen molar-refractivity contribution in [2.75, 3.05) is 18.4 Å². The molecule has 3 aromatic rings. The van der Waals surface area contributed by atoms with Crippen molar-refractivity contribution in [3.05, 3.63) is 54.0 Å². The minimum atomic E-state index is -0.785. The summed E-state index contributed by atoms with van der Waals surface area (Å²) in [4.78, 5) is 23.5. The van der Waals surface area contributed by atoms with Gasteiger partial charge in [0.05, 0.1) is 5.69 Å². The first-order valence-electron chi connectivity index (χ1n) is 10.2. The first kappa shape index (κ1) is 20.3. The molecular weight excluding hydrogens is 388 g/mol. The summed E-state index contributed by atoms with van der Waals surface area (Å²) in [5, 5.41) is 2.54. The van der Waals surface area contributed by atoms with Gasteiger partial charge in [-0.05, 0) is 43.0 Å². The average molecular weight is 413 g/mol. The zero-order valence-corrected chi connectivity index (χ0v) is 17.1. The first-order chi connectivity index (χ1) is 14.4. The van der Waals surface area contributed by atoms with E-state index in [-0.39, 0.29) is 17.8 Å². The van der Waals surface area contributed by atoms with Gasteiger partial charge in [-0.1, -0.05) is 13.8 Å². The molecule has 0 atom stereocenters. The molecule has 0 spiro atoms. The maximum absolute atomic E-state index is 13.8. The maximum atomic E-state index is 13.8. The lowest BCUT2D eigenvalue weighted by atomic mass is 10.0. The highest BCUT2D eigenvalue weighted by Gasteiger charge is 2.27. The third kappa shape index (κ3) is 4.13. The predicted octanol–water partition coefficient (Wildman–Crippen LogP) is 4.78. The van der Waals surface area contributed by atoms with Crippen LogP contribution in [0.15, 0.2) is 36.5 Å². The van der Waals surface area contributed by atoms with Crippen LogP contribution in [0, 0.1) is 17.6 Å². The molecule has 0 saturated carbocycles. The Bertz CT molecular complexity index is 1060. The van der Waals surface area contributed by atoms with Crippen LogP contribution in [0.2, 0.25) is 0 Å². The number of urea groups is 1. The highest BCUT2D eigenvalue weighted by Crippen LogP contribution is 2.29. The molecule has 1 aromatic carbocycles. The van der Waals surface area contributed by atoms with E-state index in [1.54, 1.807) is 11.1 Å². The number of likely N-dealkylation sites (tertiary alicyclic amines) is 1. The molecule has 0 unspecified atom stereocenters. The monoisotopic (exact) mass is 413 g/mol. The van der Waals surface area contributed by atoms with E-state index in [9.17, 15) is 13.6 Å². The van der Waals surface area contributed by atoms with E-state index in [0.29, 0.717) is 19.0 Å². The molecule has 6 nitrogen and oxygen atoms in total. The second-order valence-electron chi connectivity index (χ2n) is 8.11. The van der Waals surface area contributed by atoms with Gasteiger partial charge in [0.1, 0.15) is 23.0 Å². The summed E-state index contributed by atoms with van der Waals surface area (Å²) in [5.74, 6) is 0.0317. The lowest BCUT2D eigenvalue weighted by Crippen LogP contribution is -2.41. The van der Waals surface area contributed by atoms with Crippen molar-refractivity contribution in [1.82, 2.24) is 19.4 Å². The van der Waals surface area contributed by atoms with Gasteiger partial charge in [-0.3, -0.25) is 0 Å². The number of hydrogen-bond donors (Lipinski definition) is 1. The van der Waals surface area contributed by atoms with Crippen LogP contribution in [0.5, 0.6) is 0 Å². The quantitative estimate of drug-likeness (QED) is 0.670. The molecular formula is C22H25F2N5O. The van der Waals surface area contributed by atoms with Crippen molar-refractivity contribution < 1.29 is 13.6 Å². The van der Waals surface area contributed by atoms with Crippen LogP contribution in [-0.4, -0.2) is 38.6 Å². The molecule has 0 bridgehead atoms. The highest BCUT2D eigenvalue weighted by molar-refractivity contribution is 5.89. The van der Waals surface area contributed by atoms with Gasteiger partial charge in [0.15, 0.2) is 5.65 Å². The first-order valence-corrected chi connectivity index (χ1v) is 10.2. The molecule has 0 radical (unpaired) electrons. The third-order valence-electron chi connectivity index (χ3n) is 5.40. The highest BCUT2D eigenvalue weighted by atomic mass is 19.1. The summed E-state index contributed by atoms with van der Waals surface area (Å²) in [5.41, 5.74) is 1.75. The molecule has 2 amide bonds. The number of hydrogen-bond acceptors (Lipinski definition) is 3. The standard InChI is InChI=1S/C22H25F2N5O/c1-14(2)12-20-26-19-4-3-9-25-21(19)29(20)16-7-10-28(11-8-16)22(30)27-18-6-5-15(23)13-17(18)24/h3-6,9,13-14,16H,7-8,10-12H2,1-2H3,(H,27,30). The van der Waals surface area contributed by atoms with Gasteiger partial charge in [0, 0.05) is 37.8 Å². The number of carbonyl (C=O) groups is 1. The molecule has 4 rings (SSSR count). The fourth-order valence-electron chi connectivity index (χ4n) is 3.98. The summed E-state index contributed by atoms with van der Waals surface area (Å²) >= 11 is 0. The van der Waals surface area contributed by atoms with Gasteiger partial charge >= 0.3 is 6.03 Å². The number of aromatic nitrogens is 3. The molecule has 2 aromatic heterocycles. The van der Waals surface area contributed by atoms with Crippen molar-refractivity contribution in [2.24, 2.45) is 5.92 Å². The van der Waals surface area contributed by atoms with Crippen LogP contribution < -0.4 is 5.32 Å². The number of anilines is 1. The van der Waals surface area contributed by atoms with Crippen LogP contribution in [0.1, 0.15) is 38.6 Å². The van der Waals surface area contributed by atoms with Gasteiger partial charge in [-0.2, -0.15) is 0 Å². The molecule has 30 heavy (non-hydrogen) atoms. The normalized spacial score (nSPS) is 15.2. The Morgan fingerprint density at radius 2 is 2.00 bits per heavy atom. The van der Waals surface area contributed by atoms with Crippen LogP contribution in [0.4, 0.5) is 19.3 Å². The fourth-order valence-corrected chi connectivity index (χ4v) is 3.98. The summed E-state index contributed by atoms with van der Waals surface area (Å²) in [6.07, 6.45) is 4.15. The SMILES string of the molecule is CC(C)Cc1nc2cccnc2n1C1CCN(C(=O)Nc2ccc(F)cc2F)CC1. The number of imidazole rings is 1. The third-order valence-corrected chi connectivity index (χ3v) is 5.40. The molecule has 158 valence electrons. The summed E-state index contributed by atoms with van der Waals surface area (Å²) in [7, 11) is 0. The van der Waals surface area contributed by atoms with E-state index in [0.717, 1.165) is 48.4 Å². The zero-order chi connectivity index (χ0) is 21.3. The Balaban J connectivity index is 1.47. The van der Waals surface area contributed by atoms with Crippen molar-refractivity contribution >= 4 is 22.9 Å². The maximum Gasteiger partial charge on any atom is 0.321 e. The fraction of sp³-hybridized carbons (Fsp3) is 0.409. The van der Waals surface area contributed by atoms with Crippen molar-refractivity contribution in [3.8, 4) is 0 Å². The summed E-state index contributed by atoms with van der Waals surface area (Å²) in [6, 6.07) is 6.80. The predicted molar refractivity (Wildman–Crippen MR) is 111 cm³/mol. The molecule has 1 fully saturated rings. The number of nitrogens with zero attached hydrogens (tertiary/aromatic N) is 4. The van der Waals surface area contributed by atoms with Crippen LogP contribution in [0.25, 0.3) is 11.2 Å². The van der Waals surface area contributed by atoms with E-state index in [2.05, 4.69) is 28.7 Å². The number of piperidine rings is 1. The minimum absolute atomic E-state index is 0.0208. The molecule has 1 aliphatic rings. The topological polar surface area (TPSA) is 63.1 Å². The van der Waals surface area contributed by atoms with E-state index in [1.165, 1.54) is 6.07 Å². The Morgan fingerprint density at radius 3 is 2.70 bits per heavy atom. The molecule has 0 aliphatic carbocycles. The van der Waals surface area contributed by atoms with Gasteiger partial charge in [0.25, 0.3) is 0 Å². The lowest BCUT2D eigenvalue weighted by molar-refractivity contribution is 0.183. The van der Waals surface area contributed by atoms with Gasteiger partial charge in [-0.15, -0.1) is 0 Å². The summed E-state index contributed by atoms with van der Waals surface area (Å²) in [6.45, 7) is 5.40. The van der Waals surface area contributed by atoms with E-state index < -0.39 is 11.6 Å². The van der Waals surface area contributed by atoms with Gasteiger partial charge in [-0.25, -0.2) is 23.5 Å². The molecule has 3 heterocycles. The van der Waals surface area contributed by atoms with Crippen LogP contribution in [0.3, 0.4) is 0 Å². The smallest absolute Gasteiger partial charge is 0.321 e. The molecule has 8 heteroatoms. The Morgan fingerprint density at radius 1 is 1.23 bits per heavy atom. The second-order valence-corrected chi connectivity index (χ2v) is 8.11. The summed E-state index contributed by atoms with van der Waals surface area (Å²) < 4.78 is 29.1. The number of fused-ring (bicyclic) bond motifs is 1. The Hall–Kier alpha value is -3.03. The lowest BCUT2D eigenvalue weighted by Gasteiger charge is -2.33. The number of nitrogens with one attached hydrogen (secondary N) is 1. The molecule has 1 N–H and O–H groups in total. The Labute approximate surface area is 173 Å². The van der Waals surface area contributed by atoms with Gasteiger partial charge < -0.3 is 14.8 Å². The number of carbonyl (C=O) groups excluding carboxylic acids is 1. The van der Waals surface area contributed by atoms with E-state index in [4.69, 9.17) is 4.98 Å². The second kappa shape index (κ2) is 8.38. The van der Waals surface area contributed by atoms with Crippen LogP contribution in [-0.2, 0) is 6.42 Å². The number of benzene rings is 1. The Kier molecular flexibility index (Phi) is 5.65. The number of pyridine rings is 1. The van der Waals surface area contributed by atoms with Crippen molar-refractivity contribution in [3.63, 3.8) is 0 Å². The number of halogens is 2. The zero-order valence-electron chi connectivity index (χ0n) is 17.1. The minimum Gasteiger partial charge on any atom is -0.324 e. The number of amides is 2. The van der Waals surface area contributed by atoms with E-state index in [1.807, 2.05) is 12.1 Å². The van der Waals surface area contributed by atoms with Crippen LogP contribution >= 0.6 is 0 Å². The van der Waals surface area contributed by atoms with Gasteiger partial charge in [0.2, 0.25) is 0 Å². The average Bonchev–Trinajstić information content (AvgIpc) is 3.07.